The average Bonchev–Trinajstić information content (AvgIpc) is 2.96. The van der Waals surface area contributed by atoms with Crippen LogP contribution in [0, 0.1) is 0 Å². The van der Waals surface area contributed by atoms with Crippen molar-refractivity contribution in [3.63, 3.8) is 0 Å². The molecule has 1 aromatic carbocycles. The van der Waals surface area contributed by atoms with Crippen LogP contribution >= 0.6 is 0 Å². The van der Waals surface area contributed by atoms with E-state index in [0.29, 0.717) is 11.6 Å². The smallest absolute Gasteiger partial charge is 0.381 e. The fourth-order valence-corrected chi connectivity index (χ4v) is 4.36. The SMILES string of the molecule is [B]c1cc2c(cc1C(F)(F)F)[nH]c(=O)n2C1CCN(C2CCOCC2)CC1. The minimum atomic E-state index is -4.55. The second-order valence-electron chi connectivity index (χ2n) is 7.37. The third-order valence-corrected chi connectivity index (χ3v) is 5.76. The number of hydrogen-bond donors (Lipinski definition) is 1. The number of nitrogens with zero attached hydrogens (tertiary/aromatic N) is 2. The molecule has 9 heteroatoms. The van der Waals surface area contributed by atoms with E-state index in [1.807, 2.05) is 0 Å². The molecule has 0 spiro atoms. The fourth-order valence-electron chi connectivity index (χ4n) is 4.36. The van der Waals surface area contributed by atoms with Gasteiger partial charge in [-0.05, 0) is 37.8 Å². The van der Waals surface area contributed by atoms with Crippen LogP contribution in [0.25, 0.3) is 11.0 Å². The zero-order valence-electron chi connectivity index (χ0n) is 14.9. The van der Waals surface area contributed by atoms with Gasteiger partial charge in [-0.25, -0.2) is 4.79 Å². The third-order valence-electron chi connectivity index (χ3n) is 5.76. The van der Waals surface area contributed by atoms with Gasteiger partial charge in [-0.2, -0.15) is 13.2 Å². The van der Waals surface area contributed by atoms with E-state index in [9.17, 15) is 18.0 Å². The lowest BCUT2D eigenvalue weighted by Gasteiger charge is -2.39. The number of likely N-dealkylation sites (tertiary alicyclic amines) is 1. The Morgan fingerprint density at radius 3 is 2.37 bits per heavy atom. The van der Waals surface area contributed by atoms with Crippen molar-refractivity contribution in [3.05, 3.63) is 28.2 Å². The molecule has 2 fully saturated rings. The van der Waals surface area contributed by atoms with E-state index in [0.717, 1.165) is 58.1 Å². The van der Waals surface area contributed by atoms with Crippen molar-refractivity contribution in [2.75, 3.05) is 26.3 Å². The summed E-state index contributed by atoms with van der Waals surface area (Å²) in [7, 11) is 5.63. The number of alkyl halides is 3. The third kappa shape index (κ3) is 3.54. The molecule has 144 valence electrons. The topological polar surface area (TPSA) is 50.3 Å². The molecule has 5 nitrogen and oxygen atoms in total. The zero-order chi connectivity index (χ0) is 19.2. The molecule has 0 amide bonds. The maximum absolute atomic E-state index is 13.1. The molecule has 1 aromatic heterocycles. The number of H-pyrrole nitrogens is 1. The van der Waals surface area contributed by atoms with Crippen molar-refractivity contribution in [1.82, 2.24) is 14.5 Å². The Morgan fingerprint density at radius 2 is 1.74 bits per heavy atom. The van der Waals surface area contributed by atoms with Crippen molar-refractivity contribution >= 4 is 24.3 Å². The number of piperidine rings is 1. The molecule has 27 heavy (non-hydrogen) atoms. The van der Waals surface area contributed by atoms with E-state index >= 15 is 0 Å². The Morgan fingerprint density at radius 1 is 1.07 bits per heavy atom. The first-order chi connectivity index (χ1) is 12.8. The van der Waals surface area contributed by atoms with Crippen molar-refractivity contribution < 1.29 is 17.9 Å². The Labute approximate surface area is 155 Å². The number of imidazole rings is 1. The summed E-state index contributed by atoms with van der Waals surface area (Å²) in [5.41, 5.74) is -1.04. The van der Waals surface area contributed by atoms with Crippen LogP contribution in [0.2, 0.25) is 0 Å². The lowest BCUT2D eigenvalue weighted by molar-refractivity contribution is -0.136. The number of aromatic nitrogens is 2. The van der Waals surface area contributed by atoms with Crippen LogP contribution in [0.5, 0.6) is 0 Å². The van der Waals surface area contributed by atoms with Gasteiger partial charge in [0.15, 0.2) is 0 Å². The van der Waals surface area contributed by atoms with E-state index in [4.69, 9.17) is 12.6 Å². The number of fused-ring (bicyclic) bond motifs is 1. The maximum Gasteiger partial charge on any atom is 0.415 e. The molecule has 2 aliphatic heterocycles. The first-order valence-electron chi connectivity index (χ1n) is 9.27. The van der Waals surface area contributed by atoms with E-state index in [1.165, 1.54) is 6.07 Å². The molecular weight excluding hydrogens is 358 g/mol. The van der Waals surface area contributed by atoms with Crippen molar-refractivity contribution in [2.24, 2.45) is 0 Å². The summed E-state index contributed by atoms with van der Waals surface area (Å²) < 4.78 is 46.2. The lowest BCUT2D eigenvalue weighted by Crippen LogP contribution is -2.45. The van der Waals surface area contributed by atoms with E-state index in [2.05, 4.69) is 9.88 Å². The Hall–Kier alpha value is -1.74. The van der Waals surface area contributed by atoms with Crippen LogP contribution in [0.3, 0.4) is 0 Å². The molecule has 2 aromatic rings. The van der Waals surface area contributed by atoms with E-state index < -0.39 is 11.7 Å². The average molecular weight is 379 g/mol. The predicted octanol–water partition coefficient (Wildman–Crippen LogP) is 1.96. The molecule has 0 aliphatic carbocycles. The highest BCUT2D eigenvalue weighted by Crippen LogP contribution is 2.31. The molecule has 0 bridgehead atoms. The summed E-state index contributed by atoms with van der Waals surface area (Å²) in [4.78, 5) is 17.4. The van der Waals surface area contributed by atoms with Crippen molar-refractivity contribution in [2.45, 2.75) is 43.9 Å². The van der Waals surface area contributed by atoms with Crippen LogP contribution in [0.4, 0.5) is 13.2 Å². The summed E-state index contributed by atoms with van der Waals surface area (Å²) in [5.74, 6) is 0. The molecule has 2 radical (unpaired) electrons. The van der Waals surface area contributed by atoms with Crippen LogP contribution < -0.4 is 11.2 Å². The normalized spacial score (nSPS) is 21.1. The number of benzene rings is 1. The molecule has 4 rings (SSSR count). The monoisotopic (exact) mass is 379 g/mol. The summed E-state index contributed by atoms with van der Waals surface area (Å²) >= 11 is 0. The predicted molar refractivity (Wildman–Crippen MR) is 96.6 cm³/mol. The second-order valence-corrected chi connectivity index (χ2v) is 7.37. The molecule has 0 unspecified atom stereocenters. The summed E-state index contributed by atoms with van der Waals surface area (Å²) in [6.45, 7) is 3.30. The second kappa shape index (κ2) is 7.02. The van der Waals surface area contributed by atoms with E-state index in [-0.39, 0.29) is 22.7 Å². The van der Waals surface area contributed by atoms with Gasteiger partial charge in [0.05, 0.1) is 16.6 Å². The van der Waals surface area contributed by atoms with Gasteiger partial charge < -0.3 is 14.6 Å². The van der Waals surface area contributed by atoms with Crippen LogP contribution in [0.1, 0.15) is 37.3 Å². The first kappa shape index (κ1) is 18.6. The minimum Gasteiger partial charge on any atom is -0.381 e. The van der Waals surface area contributed by atoms with Gasteiger partial charge in [0, 0.05) is 38.4 Å². The number of aromatic amines is 1. The number of nitrogens with one attached hydrogen (secondary N) is 1. The highest BCUT2D eigenvalue weighted by Gasteiger charge is 2.33. The molecular formula is C18H21BF3N3O2. The Kier molecular flexibility index (Phi) is 4.84. The van der Waals surface area contributed by atoms with Crippen molar-refractivity contribution in [3.8, 4) is 0 Å². The van der Waals surface area contributed by atoms with Crippen LogP contribution in [-0.2, 0) is 10.9 Å². The number of hydrogen-bond acceptors (Lipinski definition) is 3. The summed E-state index contributed by atoms with van der Waals surface area (Å²) in [5, 5.41) is 0. The van der Waals surface area contributed by atoms with Gasteiger partial charge in [-0.1, -0.05) is 5.46 Å². The number of rotatable bonds is 2. The zero-order valence-corrected chi connectivity index (χ0v) is 14.9. The first-order valence-corrected chi connectivity index (χ1v) is 9.27. The van der Waals surface area contributed by atoms with Crippen molar-refractivity contribution in [1.29, 1.82) is 0 Å². The molecule has 2 aliphatic rings. The molecule has 1 N–H and O–H groups in total. The van der Waals surface area contributed by atoms with Gasteiger partial charge in [0.25, 0.3) is 0 Å². The largest absolute Gasteiger partial charge is 0.415 e. The molecule has 3 heterocycles. The standard InChI is InChI=1S/C18H21BF3N3O2/c19-14-10-16-15(9-13(14)18(20,21)22)23-17(26)25(16)12-1-5-24(6-2-12)11-3-7-27-8-4-11/h9-12H,1-8H2,(H,23,26). The van der Waals surface area contributed by atoms with Gasteiger partial charge in [0.1, 0.15) is 7.85 Å². The highest BCUT2D eigenvalue weighted by atomic mass is 19.4. The summed E-state index contributed by atoms with van der Waals surface area (Å²) in [6, 6.07) is 2.67. The molecule has 0 atom stereocenters. The number of ether oxygens (including phenoxy) is 1. The van der Waals surface area contributed by atoms with E-state index in [1.54, 1.807) is 4.57 Å². The van der Waals surface area contributed by atoms with Gasteiger partial charge in [-0.15, -0.1) is 0 Å². The Bertz CT molecular complexity index is 878. The van der Waals surface area contributed by atoms with Gasteiger partial charge >= 0.3 is 11.9 Å². The highest BCUT2D eigenvalue weighted by molar-refractivity contribution is 6.34. The summed E-state index contributed by atoms with van der Waals surface area (Å²) in [6.07, 6.45) is -0.939. The quantitative estimate of drug-likeness (QED) is 0.812. The molecule has 2 saturated heterocycles. The van der Waals surface area contributed by atoms with Crippen LogP contribution in [-0.4, -0.2) is 54.6 Å². The minimum absolute atomic E-state index is 0.0431. The van der Waals surface area contributed by atoms with Gasteiger partial charge in [-0.3, -0.25) is 4.57 Å². The maximum atomic E-state index is 13.1. The number of halogens is 3. The lowest BCUT2D eigenvalue weighted by atomic mass is 9.89. The fraction of sp³-hybridized carbons (Fsp3) is 0.611. The Balaban J connectivity index is 1.58. The van der Waals surface area contributed by atoms with Crippen LogP contribution in [0.15, 0.2) is 16.9 Å². The van der Waals surface area contributed by atoms with Gasteiger partial charge in [0.2, 0.25) is 0 Å². The molecule has 0 saturated carbocycles.